The summed E-state index contributed by atoms with van der Waals surface area (Å²) in [5.74, 6) is 2.18. The number of carbonyl (C=O) groups is 1. The lowest BCUT2D eigenvalue weighted by atomic mass is 10.0. The SMILES string of the molecule is COc1ccc(-c2ccc3c(N4CCOCC4C)nc(N(C)C4CCN(C(=O)c5ccccc5)CC4)nc3n2)cc1CO. The highest BCUT2D eigenvalue weighted by molar-refractivity contribution is 5.94. The monoisotopic (exact) mass is 582 g/mol. The fourth-order valence-corrected chi connectivity index (χ4v) is 6.01. The fraction of sp³-hybridized carbons (Fsp3) is 0.394. The lowest BCUT2D eigenvalue weighted by Crippen LogP contribution is -2.46. The number of aromatic nitrogens is 3. The van der Waals surface area contributed by atoms with Crippen molar-refractivity contribution in [2.75, 3.05) is 56.8 Å². The molecule has 1 N–H and O–H groups in total. The van der Waals surface area contributed by atoms with Gasteiger partial charge < -0.3 is 29.3 Å². The number of hydrogen-bond acceptors (Lipinski definition) is 9. The van der Waals surface area contributed by atoms with Crippen molar-refractivity contribution in [2.24, 2.45) is 0 Å². The summed E-state index contributed by atoms with van der Waals surface area (Å²) >= 11 is 0. The fourth-order valence-electron chi connectivity index (χ4n) is 6.01. The van der Waals surface area contributed by atoms with Crippen molar-refractivity contribution in [1.82, 2.24) is 19.9 Å². The third-order valence-corrected chi connectivity index (χ3v) is 8.55. The summed E-state index contributed by atoms with van der Waals surface area (Å²) in [6.45, 7) is 5.37. The molecule has 0 radical (unpaired) electrons. The van der Waals surface area contributed by atoms with Crippen molar-refractivity contribution in [3.8, 4) is 17.0 Å². The van der Waals surface area contributed by atoms with E-state index in [1.165, 1.54) is 0 Å². The third-order valence-electron chi connectivity index (χ3n) is 8.55. The number of likely N-dealkylation sites (tertiary alicyclic amines) is 1. The normalized spacial score (nSPS) is 17.7. The molecule has 10 nitrogen and oxygen atoms in total. The van der Waals surface area contributed by atoms with Crippen molar-refractivity contribution in [1.29, 1.82) is 0 Å². The van der Waals surface area contributed by atoms with Gasteiger partial charge in [-0.1, -0.05) is 18.2 Å². The summed E-state index contributed by atoms with van der Waals surface area (Å²) in [4.78, 5) is 34.5. The molecule has 1 atom stereocenters. The van der Waals surface area contributed by atoms with Gasteiger partial charge in [-0.3, -0.25) is 4.79 Å². The van der Waals surface area contributed by atoms with Gasteiger partial charge in [0.2, 0.25) is 5.95 Å². The van der Waals surface area contributed by atoms with E-state index in [0.29, 0.717) is 49.2 Å². The third kappa shape index (κ3) is 5.85. The van der Waals surface area contributed by atoms with Crippen LogP contribution in [0.5, 0.6) is 5.75 Å². The highest BCUT2D eigenvalue weighted by Gasteiger charge is 2.29. The van der Waals surface area contributed by atoms with Gasteiger partial charge >= 0.3 is 0 Å². The minimum Gasteiger partial charge on any atom is -0.496 e. The summed E-state index contributed by atoms with van der Waals surface area (Å²) in [6.07, 6.45) is 1.64. The van der Waals surface area contributed by atoms with E-state index in [1.54, 1.807) is 7.11 Å². The number of rotatable bonds is 7. The van der Waals surface area contributed by atoms with Crippen LogP contribution in [0.4, 0.5) is 11.8 Å². The number of amides is 1. The van der Waals surface area contributed by atoms with E-state index in [4.69, 9.17) is 24.4 Å². The van der Waals surface area contributed by atoms with E-state index in [1.807, 2.05) is 72.6 Å². The molecule has 1 unspecified atom stereocenters. The number of benzene rings is 2. The molecule has 4 heterocycles. The Kier molecular flexibility index (Phi) is 8.40. The average molecular weight is 583 g/mol. The maximum absolute atomic E-state index is 13.0. The number of ether oxygens (including phenoxy) is 2. The van der Waals surface area contributed by atoms with Crippen LogP contribution in [-0.2, 0) is 11.3 Å². The largest absolute Gasteiger partial charge is 0.496 e. The number of methoxy groups -OCH3 is 1. The van der Waals surface area contributed by atoms with E-state index in [0.717, 1.165) is 47.4 Å². The molecule has 6 rings (SSSR count). The first-order valence-electron chi connectivity index (χ1n) is 14.8. The highest BCUT2D eigenvalue weighted by Crippen LogP contribution is 2.32. The Balaban J connectivity index is 1.32. The Morgan fingerprint density at radius 3 is 2.56 bits per heavy atom. The second-order valence-electron chi connectivity index (χ2n) is 11.2. The van der Waals surface area contributed by atoms with E-state index in [9.17, 15) is 9.90 Å². The standard InChI is InChI=1S/C33H38N6O4/c1-22-21-43-18-17-39(22)31-27-10-11-28(24-9-12-29(42-3)25(19-24)20-40)34-30(27)35-33(36-31)37(2)26-13-15-38(16-14-26)32(41)23-7-5-4-6-8-23/h4-12,19,22,26,40H,13-18,20-21H2,1-3H3. The Bertz CT molecular complexity index is 1590. The van der Waals surface area contributed by atoms with Gasteiger partial charge in [-0.2, -0.15) is 9.97 Å². The second kappa shape index (κ2) is 12.5. The number of piperidine rings is 1. The molecule has 0 saturated carbocycles. The molecule has 0 spiro atoms. The maximum Gasteiger partial charge on any atom is 0.253 e. The van der Waals surface area contributed by atoms with Gasteiger partial charge in [0.25, 0.3) is 5.91 Å². The zero-order chi connectivity index (χ0) is 29.9. The van der Waals surface area contributed by atoms with Crippen LogP contribution in [0.3, 0.4) is 0 Å². The van der Waals surface area contributed by atoms with E-state index in [2.05, 4.69) is 16.7 Å². The highest BCUT2D eigenvalue weighted by atomic mass is 16.5. The van der Waals surface area contributed by atoms with Gasteiger partial charge in [0.1, 0.15) is 11.6 Å². The van der Waals surface area contributed by atoms with Crippen LogP contribution in [-0.4, -0.2) is 90.0 Å². The summed E-state index contributed by atoms with van der Waals surface area (Å²) in [6, 6.07) is 19.5. The first-order chi connectivity index (χ1) is 21.0. The molecule has 2 aliphatic rings. The number of hydrogen-bond donors (Lipinski definition) is 1. The number of anilines is 2. The topological polar surface area (TPSA) is 104 Å². The lowest BCUT2D eigenvalue weighted by Gasteiger charge is -2.38. The summed E-state index contributed by atoms with van der Waals surface area (Å²) in [5.41, 5.74) is 3.66. The van der Waals surface area contributed by atoms with Gasteiger partial charge in [-0.05, 0) is 62.2 Å². The number of aliphatic hydroxyl groups is 1. The van der Waals surface area contributed by atoms with Crippen molar-refractivity contribution in [2.45, 2.75) is 38.5 Å². The Morgan fingerprint density at radius 2 is 1.84 bits per heavy atom. The van der Waals surface area contributed by atoms with Crippen LogP contribution in [0.1, 0.15) is 35.7 Å². The summed E-state index contributed by atoms with van der Waals surface area (Å²) in [7, 11) is 3.63. The van der Waals surface area contributed by atoms with Crippen LogP contribution in [0.15, 0.2) is 60.7 Å². The molecular weight excluding hydrogens is 544 g/mol. The van der Waals surface area contributed by atoms with Gasteiger partial charge in [0.05, 0.1) is 44.1 Å². The zero-order valence-corrected chi connectivity index (χ0v) is 24.9. The van der Waals surface area contributed by atoms with Crippen LogP contribution in [0, 0.1) is 0 Å². The molecule has 0 bridgehead atoms. The van der Waals surface area contributed by atoms with Crippen LogP contribution >= 0.6 is 0 Å². The van der Waals surface area contributed by atoms with Gasteiger partial charge in [-0.15, -0.1) is 0 Å². The van der Waals surface area contributed by atoms with Crippen LogP contribution in [0.2, 0.25) is 0 Å². The Labute approximate surface area is 251 Å². The molecule has 224 valence electrons. The quantitative estimate of drug-likeness (QED) is 0.344. The average Bonchev–Trinajstić information content (AvgIpc) is 3.07. The zero-order valence-electron chi connectivity index (χ0n) is 24.9. The number of aliphatic hydroxyl groups excluding tert-OH is 1. The maximum atomic E-state index is 13.0. The first-order valence-corrected chi connectivity index (χ1v) is 14.8. The molecule has 43 heavy (non-hydrogen) atoms. The predicted molar refractivity (Wildman–Crippen MR) is 167 cm³/mol. The van der Waals surface area contributed by atoms with Crippen molar-refractivity contribution < 1.29 is 19.4 Å². The Hall–Kier alpha value is -4.28. The van der Waals surface area contributed by atoms with Crippen molar-refractivity contribution in [3.05, 3.63) is 71.8 Å². The Morgan fingerprint density at radius 1 is 1.05 bits per heavy atom. The first kappa shape index (κ1) is 28.8. The minimum atomic E-state index is -0.128. The summed E-state index contributed by atoms with van der Waals surface area (Å²) < 4.78 is 11.1. The smallest absolute Gasteiger partial charge is 0.253 e. The van der Waals surface area contributed by atoms with E-state index in [-0.39, 0.29) is 24.6 Å². The number of fused-ring (bicyclic) bond motifs is 1. The number of nitrogens with zero attached hydrogens (tertiary/aromatic N) is 6. The molecular formula is C33H38N6O4. The molecule has 2 aromatic heterocycles. The predicted octanol–water partition coefficient (Wildman–Crippen LogP) is 4.16. The molecule has 1 amide bonds. The molecule has 4 aromatic rings. The molecule has 2 aliphatic heterocycles. The lowest BCUT2D eigenvalue weighted by molar-refractivity contribution is 0.0713. The number of pyridine rings is 1. The molecule has 0 aliphatic carbocycles. The molecule has 2 fully saturated rings. The summed E-state index contributed by atoms with van der Waals surface area (Å²) in [5, 5.41) is 10.7. The van der Waals surface area contributed by atoms with E-state index < -0.39 is 0 Å². The number of carbonyl (C=O) groups excluding carboxylic acids is 1. The van der Waals surface area contributed by atoms with Crippen molar-refractivity contribution in [3.63, 3.8) is 0 Å². The van der Waals surface area contributed by atoms with Gasteiger partial charge in [0, 0.05) is 49.4 Å². The molecule has 2 aromatic carbocycles. The van der Waals surface area contributed by atoms with Gasteiger partial charge in [-0.25, -0.2) is 4.98 Å². The number of morpholine rings is 1. The molecule has 2 saturated heterocycles. The van der Waals surface area contributed by atoms with Crippen LogP contribution in [0.25, 0.3) is 22.3 Å². The van der Waals surface area contributed by atoms with E-state index >= 15 is 0 Å². The van der Waals surface area contributed by atoms with Crippen LogP contribution < -0.4 is 14.5 Å². The molecule has 10 heteroatoms. The van der Waals surface area contributed by atoms with Gasteiger partial charge in [0.15, 0.2) is 5.65 Å². The minimum absolute atomic E-state index is 0.0758. The second-order valence-corrected chi connectivity index (χ2v) is 11.2. The van der Waals surface area contributed by atoms with Crippen molar-refractivity contribution >= 4 is 28.7 Å².